The quantitative estimate of drug-likeness (QED) is 0.408. The van der Waals surface area contributed by atoms with Gasteiger partial charge in [-0.15, -0.1) is 0 Å². The molecular weight excluding hydrogens is 487 g/mol. The number of hydrogen-bond acceptors (Lipinski definition) is 4. The number of likely N-dealkylation sites (tertiary alicyclic amines) is 1. The average Bonchev–Trinajstić information content (AvgIpc) is 2.94. The first-order valence-electron chi connectivity index (χ1n) is 14.4. The number of nitrogens with one attached hydrogen (secondary N) is 2. The van der Waals surface area contributed by atoms with E-state index in [1.165, 1.54) is 24.5 Å². The van der Waals surface area contributed by atoms with Gasteiger partial charge in [-0.25, -0.2) is 4.39 Å². The highest BCUT2D eigenvalue weighted by Crippen LogP contribution is 2.25. The summed E-state index contributed by atoms with van der Waals surface area (Å²) in [6.07, 6.45) is 2.47. The maximum atomic E-state index is 14.8. The highest BCUT2D eigenvalue weighted by molar-refractivity contribution is 5.94. The highest BCUT2D eigenvalue weighted by Gasteiger charge is 2.17. The first-order chi connectivity index (χ1) is 18.9. The van der Waals surface area contributed by atoms with E-state index in [1.807, 2.05) is 36.4 Å². The minimum atomic E-state index is -0.256. The van der Waals surface area contributed by atoms with Gasteiger partial charge in [0.1, 0.15) is 5.82 Å². The Morgan fingerprint density at radius 1 is 0.897 bits per heavy atom. The molecule has 6 heteroatoms. The fraction of sp³-hybridized carbons (Fsp3) is 0.424. The van der Waals surface area contributed by atoms with Crippen LogP contribution in [0, 0.1) is 11.7 Å². The lowest BCUT2D eigenvalue weighted by atomic mass is 9.98. The molecule has 0 radical (unpaired) electrons. The number of carbonyl (C=O) groups excluding carboxylic acids is 1. The minimum absolute atomic E-state index is 0.110. The van der Waals surface area contributed by atoms with Crippen molar-refractivity contribution in [2.24, 2.45) is 5.92 Å². The van der Waals surface area contributed by atoms with Crippen molar-refractivity contribution in [3.05, 3.63) is 94.8 Å². The zero-order chi connectivity index (χ0) is 27.2. The molecule has 0 bridgehead atoms. The average molecular weight is 529 g/mol. The van der Waals surface area contributed by atoms with Gasteiger partial charge in [-0.05, 0) is 85.3 Å². The normalized spacial score (nSPS) is 19.2. The van der Waals surface area contributed by atoms with E-state index in [1.54, 1.807) is 6.07 Å². The molecule has 206 valence electrons. The van der Waals surface area contributed by atoms with Crippen LogP contribution in [0.2, 0.25) is 0 Å². The molecule has 1 atom stereocenters. The van der Waals surface area contributed by atoms with Gasteiger partial charge in [-0.1, -0.05) is 49.4 Å². The van der Waals surface area contributed by atoms with Crippen LogP contribution in [0.15, 0.2) is 66.7 Å². The second kappa shape index (κ2) is 12.9. The summed E-state index contributed by atoms with van der Waals surface area (Å²) in [5, 5.41) is 6.50. The fourth-order valence-corrected chi connectivity index (χ4v) is 5.68. The van der Waals surface area contributed by atoms with Gasteiger partial charge in [0.05, 0.1) is 0 Å². The minimum Gasteiger partial charge on any atom is -0.348 e. The van der Waals surface area contributed by atoms with Gasteiger partial charge >= 0.3 is 0 Å². The predicted octanol–water partition coefficient (Wildman–Crippen LogP) is 5.45. The maximum absolute atomic E-state index is 14.8. The number of rotatable bonds is 8. The Labute approximate surface area is 232 Å². The summed E-state index contributed by atoms with van der Waals surface area (Å²) in [5.41, 5.74) is 5.33. The maximum Gasteiger partial charge on any atom is 0.251 e. The molecular formula is C33H41FN4O. The van der Waals surface area contributed by atoms with E-state index in [0.717, 1.165) is 68.4 Å². The van der Waals surface area contributed by atoms with Gasteiger partial charge in [0.25, 0.3) is 5.91 Å². The fourth-order valence-electron chi connectivity index (χ4n) is 5.68. The third-order valence-electron chi connectivity index (χ3n) is 8.08. The molecule has 0 aliphatic carbocycles. The summed E-state index contributed by atoms with van der Waals surface area (Å²) in [4.78, 5) is 17.9. The van der Waals surface area contributed by atoms with Crippen molar-refractivity contribution in [1.29, 1.82) is 0 Å². The summed E-state index contributed by atoms with van der Waals surface area (Å²) in [7, 11) is 0. The van der Waals surface area contributed by atoms with Crippen molar-refractivity contribution in [3.8, 4) is 11.1 Å². The van der Waals surface area contributed by atoms with Crippen LogP contribution in [0.4, 0.5) is 4.39 Å². The summed E-state index contributed by atoms with van der Waals surface area (Å²) in [5.74, 6) is 0.436. The zero-order valence-corrected chi connectivity index (χ0v) is 23.3. The Balaban J connectivity index is 1.18. The third-order valence-corrected chi connectivity index (χ3v) is 8.08. The third kappa shape index (κ3) is 7.53. The van der Waals surface area contributed by atoms with Gasteiger partial charge in [0.15, 0.2) is 0 Å². The van der Waals surface area contributed by atoms with Crippen molar-refractivity contribution < 1.29 is 9.18 Å². The van der Waals surface area contributed by atoms with E-state index in [2.05, 4.69) is 52.5 Å². The Hall–Kier alpha value is -3.06. The summed E-state index contributed by atoms with van der Waals surface area (Å²) in [6.45, 7) is 12.0. The van der Waals surface area contributed by atoms with Crippen LogP contribution in [0.1, 0.15) is 53.7 Å². The second-order valence-electron chi connectivity index (χ2n) is 11.4. The molecule has 5 nitrogen and oxygen atoms in total. The molecule has 5 rings (SSSR count). The molecule has 2 aliphatic rings. The standard InChI is InChI=1S/C33H41FN4O/c1-24-12-15-37(16-13-24)23-28-4-3-5-30(18-28)33(39)36-20-27-8-11-32(34)31(19-27)29-9-6-26(7-10-29)22-38-17-14-35-25(2)21-38/h3-11,18-19,24-25,35H,12-17,20-23H2,1-2H3,(H,36,39)/t25-/m1/s1. The second-order valence-corrected chi connectivity index (χ2v) is 11.4. The Bertz CT molecular complexity index is 1250. The summed E-state index contributed by atoms with van der Waals surface area (Å²) < 4.78 is 14.8. The van der Waals surface area contributed by atoms with Gasteiger partial charge in [0, 0.05) is 56.4 Å². The molecule has 2 saturated heterocycles. The topological polar surface area (TPSA) is 47.6 Å². The number of halogens is 1. The van der Waals surface area contributed by atoms with Crippen LogP contribution < -0.4 is 10.6 Å². The number of nitrogens with zero attached hydrogens (tertiary/aromatic N) is 2. The van der Waals surface area contributed by atoms with Crippen LogP contribution >= 0.6 is 0 Å². The molecule has 1 amide bonds. The number of amides is 1. The number of carbonyl (C=O) groups is 1. The smallest absolute Gasteiger partial charge is 0.251 e. The van der Waals surface area contributed by atoms with Crippen molar-refractivity contribution >= 4 is 5.91 Å². The van der Waals surface area contributed by atoms with Crippen molar-refractivity contribution in [1.82, 2.24) is 20.4 Å². The Morgan fingerprint density at radius 2 is 1.64 bits per heavy atom. The number of piperazine rings is 1. The Kier molecular flexibility index (Phi) is 9.07. The summed E-state index contributed by atoms with van der Waals surface area (Å²) in [6, 6.07) is 21.7. The molecule has 39 heavy (non-hydrogen) atoms. The van der Waals surface area contributed by atoms with Gasteiger partial charge < -0.3 is 10.6 Å². The number of benzene rings is 3. The molecule has 0 spiro atoms. The number of hydrogen-bond donors (Lipinski definition) is 2. The first kappa shape index (κ1) is 27.5. The van der Waals surface area contributed by atoms with Crippen LogP contribution in [0.25, 0.3) is 11.1 Å². The zero-order valence-electron chi connectivity index (χ0n) is 23.3. The molecule has 0 aromatic heterocycles. The molecule has 2 fully saturated rings. The largest absolute Gasteiger partial charge is 0.348 e. The van der Waals surface area contributed by atoms with Crippen LogP contribution in [-0.2, 0) is 19.6 Å². The lowest BCUT2D eigenvalue weighted by molar-refractivity contribution is 0.0950. The predicted molar refractivity (Wildman–Crippen MR) is 156 cm³/mol. The van der Waals surface area contributed by atoms with Crippen LogP contribution in [0.5, 0.6) is 0 Å². The van der Waals surface area contributed by atoms with Crippen LogP contribution in [-0.4, -0.2) is 54.5 Å². The molecule has 2 N–H and O–H groups in total. The molecule has 2 aliphatic heterocycles. The molecule has 3 aromatic carbocycles. The lowest BCUT2D eigenvalue weighted by Crippen LogP contribution is -2.48. The van der Waals surface area contributed by atoms with Gasteiger partial charge in [-0.3, -0.25) is 14.6 Å². The van der Waals surface area contributed by atoms with Crippen molar-refractivity contribution in [3.63, 3.8) is 0 Å². The van der Waals surface area contributed by atoms with E-state index >= 15 is 0 Å². The van der Waals surface area contributed by atoms with E-state index in [0.29, 0.717) is 23.7 Å². The Morgan fingerprint density at radius 3 is 2.41 bits per heavy atom. The monoisotopic (exact) mass is 528 g/mol. The summed E-state index contributed by atoms with van der Waals surface area (Å²) >= 11 is 0. The lowest BCUT2D eigenvalue weighted by Gasteiger charge is -2.31. The first-order valence-corrected chi connectivity index (χ1v) is 14.4. The van der Waals surface area contributed by atoms with Gasteiger partial charge in [-0.2, -0.15) is 0 Å². The van der Waals surface area contributed by atoms with E-state index in [9.17, 15) is 9.18 Å². The van der Waals surface area contributed by atoms with Gasteiger partial charge in [0.2, 0.25) is 0 Å². The molecule has 3 aromatic rings. The van der Waals surface area contributed by atoms with E-state index < -0.39 is 0 Å². The molecule has 2 heterocycles. The number of piperidine rings is 1. The SMILES string of the molecule is CC1CCN(Cc2cccc(C(=O)NCc3ccc(F)c(-c4ccc(CN5CCN[C@H](C)C5)cc4)c3)c2)CC1. The van der Waals surface area contributed by atoms with E-state index in [4.69, 9.17) is 0 Å². The molecule has 0 unspecified atom stereocenters. The highest BCUT2D eigenvalue weighted by atomic mass is 19.1. The van der Waals surface area contributed by atoms with Crippen LogP contribution in [0.3, 0.4) is 0 Å². The van der Waals surface area contributed by atoms with Crippen molar-refractivity contribution in [2.45, 2.75) is 52.4 Å². The van der Waals surface area contributed by atoms with E-state index in [-0.39, 0.29) is 11.7 Å². The van der Waals surface area contributed by atoms with Crippen molar-refractivity contribution in [2.75, 3.05) is 32.7 Å². The molecule has 0 saturated carbocycles.